The molecule has 154 valence electrons. The maximum Gasteiger partial charge on any atom is 0.335 e. The second-order valence-electron chi connectivity index (χ2n) is 5.62. The second-order valence-corrected chi connectivity index (χ2v) is 8.40. The fourth-order valence-electron chi connectivity index (χ4n) is 2.06. The van der Waals surface area contributed by atoms with Gasteiger partial charge in [-0.2, -0.15) is 0 Å². The largest absolute Gasteiger partial charge is 0.484 e. The van der Waals surface area contributed by atoms with E-state index < -0.39 is 21.8 Å². The Morgan fingerprint density at radius 2 is 1.66 bits per heavy atom. The number of thiocarbonyl (C=S) groups is 1. The van der Waals surface area contributed by atoms with E-state index in [9.17, 15) is 9.59 Å². The van der Waals surface area contributed by atoms with Crippen LogP contribution in [-0.4, -0.2) is 38.7 Å². The predicted molar refractivity (Wildman–Crippen MR) is 117 cm³/mol. The molecule has 0 saturated heterocycles. The Hall–Kier alpha value is -2.26. The number of anilines is 1. The number of halogens is 3. The van der Waals surface area contributed by atoms with Crippen molar-refractivity contribution in [3.05, 3.63) is 60.2 Å². The molecule has 29 heavy (non-hydrogen) atoms. The van der Waals surface area contributed by atoms with Gasteiger partial charge in [-0.1, -0.05) is 53.0 Å². The average molecular weight is 477 g/mol. The van der Waals surface area contributed by atoms with Crippen molar-refractivity contribution in [2.45, 2.75) is 9.96 Å². The molecule has 2 aromatic rings. The van der Waals surface area contributed by atoms with Crippen LogP contribution in [0.4, 0.5) is 5.69 Å². The lowest BCUT2D eigenvalue weighted by atomic mass is 10.2. The number of carboxylic acids is 1. The Morgan fingerprint density at radius 3 is 2.21 bits per heavy atom. The zero-order valence-electron chi connectivity index (χ0n) is 14.7. The minimum atomic E-state index is -1.92. The first-order valence-corrected chi connectivity index (χ1v) is 9.64. The van der Waals surface area contributed by atoms with E-state index in [2.05, 4.69) is 16.0 Å². The minimum absolute atomic E-state index is 0.0497. The maximum absolute atomic E-state index is 12.1. The lowest BCUT2D eigenvalue weighted by molar-refractivity contribution is -0.123. The van der Waals surface area contributed by atoms with Gasteiger partial charge in [0, 0.05) is 5.69 Å². The number of ether oxygens (including phenoxy) is 1. The minimum Gasteiger partial charge on any atom is -0.484 e. The van der Waals surface area contributed by atoms with Gasteiger partial charge in [0.2, 0.25) is 3.79 Å². The molecule has 0 aromatic heterocycles. The van der Waals surface area contributed by atoms with E-state index >= 15 is 0 Å². The Bertz CT molecular complexity index is 861. The van der Waals surface area contributed by atoms with E-state index in [4.69, 9.17) is 56.9 Å². The molecule has 0 aliphatic heterocycles. The molecule has 1 atom stereocenters. The van der Waals surface area contributed by atoms with E-state index in [0.29, 0.717) is 11.4 Å². The third-order valence-electron chi connectivity index (χ3n) is 3.41. The number of rotatable bonds is 7. The van der Waals surface area contributed by atoms with Crippen LogP contribution < -0.4 is 20.7 Å². The number of amides is 1. The molecule has 7 nitrogen and oxygen atoms in total. The molecule has 2 aromatic carbocycles. The summed E-state index contributed by atoms with van der Waals surface area (Å²) in [5.74, 6) is -1.07. The lowest BCUT2D eigenvalue weighted by Gasteiger charge is -2.27. The van der Waals surface area contributed by atoms with Gasteiger partial charge >= 0.3 is 5.97 Å². The molecular formula is C18H16Cl3N3O4S. The van der Waals surface area contributed by atoms with Gasteiger partial charge in [-0.3, -0.25) is 4.79 Å². The first kappa shape index (κ1) is 23.0. The number of carbonyl (C=O) groups is 2. The van der Waals surface area contributed by atoms with Crippen LogP contribution in [0.15, 0.2) is 54.6 Å². The SMILES string of the molecule is O=C(COc1ccccc1)NC(NC(=S)Nc1ccc(C(=O)O)cc1)C(Cl)(Cl)Cl. The lowest BCUT2D eigenvalue weighted by Crippen LogP contribution is -2.56. The van der Waals surface area contributed by atoms with E-state index in [1.54, 1.807) is 24.3 Å². The summed E-state index contributed by atoms with van der Waals surface area (Å²) < 4.78 is 3.43. The van der Waals surface area contributed by atoms with Gasteiger partial charge in [0.15, 0.2) is 11.7 Å². The third-order valence-corrected chi connectivity index (χ3v) is 4.29. The number of carboxylic acid groups (broad SMARTS) is 1. The number of hydrogen-bond acceptors (Lipinski definition) is 4. The molecule has 2 rings (SSSR count). The number of benzene rings is 2. The van der Waals surface area contributed by atoms with E-state index in [0.717, 1.165) is 0 Å². The van der Waals surface area contributed by atoms with Crippen molar-refractivity contribution in [2.75, 3.05) is 11.9 Å². The molecule has 11 heteroatoms. The molecule has 1 unspecified atom stereocenters. The van der Waals surface area contributed by atoms with Crippen LogP contribution in [0.1, 0.15) is 10.4 Å². The van der Waals surface area contributed by atoms with Gasteiger partial charge < -0.3 is 25.8 Å². The molecule has 0 saturated carbocycles. The van der Waals surface area contributed by atoms with E-state index in [-0.39, 0.29) is 17.3 Å². The Kier molecular flexibility index (Phi) is 8.33. The number of hydrogen-bond donors (Lipinski definition) is 4. The summed E-state index contributed by atoms with van der Waals surface area (Å²) in [7, 11) is 0. The molecule has 0 bridgehead atoms. The quantitative estimate of drug-likeness (QED) is 0.275. The van der Waals surface area contributed by atoms with Crippen molar-refractivity contribution < 1.29 is 19.4 Å². The second kappa shape index (κ2) is 10.5. The van der Waals surface area contributed by atoms with Crippen molar-refractivity contribution in [1.29, 1.82) is 0 Å². The predicted octanol–water partition coefficient (Wildman–Crippen LogP) is 3.56. The van der Waals surface area contributed by atoms with Crippen molar-refractivity contribution in [1.82, 2.24) is 10.6 Å². The zero-order valence-corrected chi connectivity index (χ0v) is 17.8. The standard InChI is InChI=1S/C18H16Cl3N3O4S/c19-18(20,21)16(23-14(25)10-28-13-4-2-1-3-5-13)24-17(29)22-12-8-6-11(7-9-12)15(26)27/h1-9,16H,10H2,(H,23,25)(H,26,27)(H2,22,24,29). The summed E-state index contributed by atoms with van der Waals surface area (Å²) >= 11 is 22.9. The number of nitrogens with one attached hydrogen (secondary N) is 3. The van der Waals surface area contributed by atoms with Crippen LogP contribution >= 0.6 is 47.0 Å². The maximum atomic E-state index is 12.1. The highest BCUT2D eigenvalue weighted by Gasteiger charge is 2.34. The molecule has 0 radical (unpaired) electrons. The van der Waals surface area contributed by atoms with Crippen LogP contribution in [0.5, 0.6) is 5.75 Å². The van der Waals surface area contributed by atoms with E-state index in [1.165, 1.54) is 24.3 Å². The first-order chi connectivity index (χ1) is 13.6. The summed E-state index contributed by atoms with van der Waals surface area (Å²) in [4.78, 5) is 23.0. The highest BCUT2D eigenvalue weighted by molar-refractivity contribution is 7.80. The third kappa shape index (κ3) is 7.94. The van der Waals surface area contributed by atoms with Crippen LogP contribution in [0.3, 0.4) is 0 Å². The monoisotopic (exact) mass is 475 g/mol. The fourth-order valence-corrected chi connectivity index (χ4v) is 2.63. The average Bonchev–Trinajstić information content (AvgIpc) is 2.66. The molecule has 0 aliphatic carbocycles. The van der Waals surface area contributed by atoms with Crippen LogP contribution in [0.25, 0.3) is 0 Å². The van der Waals surface area contributed by atoms with Gasteiger partial charge in [0.1, 0.15) is 11.9 Å². The summed E-state index contributed by atoms with van der Waals surface area (Å²) in [6, 6.07) is 14.6. The highest BCUT2D eigenvalue weighted by atomic mass is 35.6. The molecule has 0 heterocycles. The molecule has 0 spiro atoms. The first-order valence-electron chi connectivity index (χ1n) is 8.10. The summed E-state index contributed by atoms with van der Waals surface area (Å²) in [6.07, 6.45) is -1.15. The van der Waals surface area contributed by atoms with Gasteiger partial charge in [0.25, 0.3) is 5.91 Å². The Morgan fingerprint density at radius 1 is 1.03 bits per heavy atom. The Balaban J connectivity index is 1.92. The fraction of sp³-hybridized carbons (Fsp3) is 0.167. The number of para-hydroxylation sites is 1. The number of aromatic carboxylic acids is 1. The zero-order chi connectivity index (χ0) is 21.4. The number of alkyl halides is 3. The Labute approximate surface area is 187 Å². The van der Waals surface area contributed by atoms with Crippen molar-refractivity contribution in [3.8, 4) is 5.75 Å². The van der Waals surface area contributed by atoms with E-state index in [1.807, 2.05) is 6.07 Å². The van der Waals surface area contributed by atoms with Crippen molar-refractivity contribution >= 4 is 69.7 Å². The van der Waals surface area contributed by atoms with Gasteiger partial charge in [-0.05, 0) is 48.6 Å². The van der Waals surface area contributed by atoms with Gasteiger partial charge in [0.05, 0.1) is 5.56 Å². The van der Waals surface area contributed by atoms with Crippen LogP contribution in [0.2, 0.25) is 0 Å². The summed E-state index contributed by atoms with van der Waals surface area (Å²) in [5, 5.41) is 17.0. The van der Waals surface area contributed by atoms with Crippen molar-refractivity contribution in [2.24, 2.45) is 0 Å². The summed E-state index contributed by atoms with van der Waals surface area (Å²) in [6.45, 7) is -0.292. The van der Waals surface area contributed by atoms with Crippen LogP contribution in [-0.2, 0) is 4.79 Å². The normalized spacial score (nSPS) is 11.8. The molecular weight excluding hydrogens is 461 g/mol. The summed E-state index contributed by atoms with van der Waals surface area (Å²) in [5.41, 5.74) is 0.633. The smallest absolute Gasteiger partial charge is 0.335 e. The van der Waals surface area contributed by atoms with Gasteiger partial charge in [-0.15, -0.1) is 0 Å². The van der Waals surface area contributed by atoms with Crippen molar-refractivity contribution in [3.63, 3.8) is 0 Å². The van der Waals surface area contributed by atoms with Gasteiger partial charge in [-0.25, -0.2) is 4.79 Å². The molecule has 1 amide bonds. The topological polar surface area (TPSA) is 99.7 Å². The number of carbonyl (C=O) groups excluding carboxylic acids is 1. The molecule has 0 aliphatic rings. The molecule has 0 fully saturated rings. The molecule has 4 N–H and O–H groups in total. The van der Waals surface area contributed by atoms with Crippen LogP contribution in [0, 0.1) is 0 Å². The highest BCUT2D eigenvalue weighted by Crippen LogP contribution is 2.29.